The number of hydrogen-bond acceptors (Lipinski definition) is 2. The number of piperidine rings is 1. The lowest BCUT2D eigenvalue weighted by molar-refractivity contribution is -0.135. The molecule has 0 aromatic carbocycles. The predicted octanol–water partition coefficient (Wildman–Crippen LogP) is 3.60. The van der Waals surface area contributed by atoms with Crippen molar-refractivity contribution in [2.45, 2.75) is 72.1 Å². The van der Waals surface area contributed by atoms with E-state index in [2.05, 4.69) is 20.8 Å². The van der Waals surface area contributed by atoms with E-state index in [1.165, 1.54) is 25.7 Å². The third kappa shape index (κ3) is 4.21. The molecule has 2 rings (SSSR count). The fourth-order valence-electron chi connectivity index (χ4n) is 3.89. The molecule has 1 saturated carbocycles. The first-order chi connectivity index (χ1) is 9.90. The molecule has 2 aliphatic rings. The van der Waals surface area contributed by atoms with Crippen LogP contribution in [0.3, 0.4) is 0 Å². The Balaban J connectivity index is 1.78. The molecule has 0 spiro atoms. The molecule has 0 unspecified atom stereocenters. The van der Waals surface area contributed by atoms with Crippen molar-refractivity contribution in [3.63, 3.8) is 0 Å². The van der Waals surface area contributed by atoms with Crippen molar-refractivity contribution in [2.24, 2.45) is 16.7 Å². The van der Waals surface area contributed by atoms with E-state index in [1.807, 2.05) is 4.90 Å². The summed E-state index contributed by atoms with van der Waals surface area (Å²) < 4.78 is 0. The predicted molar refractivity (Wildman–Crippen MR) is 86.0 cm³/mol. The van der Waals surface area contributed by atoms with E-state index in [9.17, 15) is 9.90 Å². The average molecular weight is 295 g/mol. The zero-order valence-corrected chi connectivity index (χ0v) is 14.2. The van der Waals surface area contributed by atoms with Gasteiger partial charge in [0, 0.05) is 26.1 Å². The minimum Gasteiger partial charge on any atom is -0.396 e. The summed E-state index contributed by atoms with van der Waals surface area (Å²) in [5.41, 5.74) is 0.554. The highest BCUT2D eigenvalue weighted by atomic mass is 16.3. The third-order valence-electron chi connectivity index (χ3n) is 6.18. The Morgan fingerprint density at radius 1 is 1.14 bits per heavy atom. The second-order valence-electron chi connectivity index (χ2n) is 8.20. The first-order valence-corrected chi connectivity index (χ1v) is 8.78. The van der Waals surface area contributed by atoms with Gasteiger partial charge in [-0.2, -0.15) is 0 Å². The summed E-state index contributed by atoms with van der Waals surface area (Å²) in [6.07, 6.45) is 8.62. The molecule has 21 heavy (non-hydrogen) atoms. The highest BCUT2D eigenvalue weighted by Gasteiger charge is 2.35. The summed E-state index contributed by atoms with van der Waals surface area (Å²) in [4.78, 5) is 14.5. The fraction of sp³-hybridized carbons (Fsp3) is 0.944. The molecule has 1 aliphatic carbocycles. The van der Waals surface area contributed by atoms with Crippen LogP contribution in [0, 0.1) is 16.7 Å². The van der Waals surface area contributed by atoms with Crippen molar-refractivity contribution < 1.29 is 9.90 Å². The molecule has 1 amide bonds. The monoisotopic (exact) mass is 295 g/mol. The number of nitrogens with zero attached hydrogens (tertiary/aromatic N) is 1. The standard InChI is InChI=1S/C18H33NO2/c1-4-18(14-20)9-11-19(12-10-18)16(21)13-15-5-7-17(2,3)8-6-15/h15,20H,4-14H2,1-3H3. The Hall–Kier alpha value is -0.570. The van der Waals surface area contributed by atoms with Crippen LogP contribution in [-0.2, 0) is 4.79 Å². The lowest BCUT2D eigenvalue weighted by Crippen LogP contribution is -2.45. The number of hydrogen-bond donors (Lipinski definition) is 1. The van der Waals surface area contributed by atoms with Crippen LogP contribution in [-0.4, -0.2) is 35.6 Å². The molecule has 0 aromatic heterocycles. The fourth-order valence-corrected chi connectivity index (χ4v) is 3.89. The first-order valence-electron chi connectivity index (χ1n) is 8.78. The van der Waals surface area contributed by atoms with E-state index >= 15 is 0 Å². The number of carbonyl (C=O) groups excluding carboxylic acids is 1. The second kappa shape index (κ2) is 6.68. The number of carbonyl (C=O) groups is 1. The van der Waals surface area contributed by atoms with Crippen molar-refractivity contribution in [3.05, 3.63) is 0 Å². The van der Waals surface area contributed by atoms with Gasteiger partial charge >= 0.3 is 0 Å². The van der Waals surface area contributed by atoms with E-state index in [4.69, 9.17) is 0 Å². The minimum absolute atomic E-state index is 0.0750. The van der Waals surface area contributed by atoms with Gasteiger partial charge in [-0.1, -0.05) is 20.8 Å². The molecular formula is C18H33NO2. The Morgan fingerprint density at radius 2 is 1.71 bits per heavy atom. The Kier molecular flexibility index (Phi) is 5.34. The highest BCUT2D eigenvalue weighted by molar-refractivity contribution is 5.76. The average Bonchev–Trinajstić information content (AvgIpc) is 2.49. The minimum atomic E-state index is 0.0750. The van der Waals surface area contributed by atoms with Crippen molar-refractivity contribution in [3.8, 4) is 0 Å². The lowest BCUT2D eigenvalue weighted by Gasteiger charge is -2.41. The quantitative estimate of drug-likeness (QED) is 0.861. The zero-order valence-electron chi connectivity index (χ0n) is 14.2. The molecule has 3 heteroatoms. The van der Waals surface area contributed by atoms with Crippen molar-refractivity contribution in [2.75, 3.05) is 19.7 Å². The lowest BCUT2D eigenvalue weighted by atomic mass is 9.72. The molecular weight excluding hydrogens is 262 g/mol. The van der Waals surface area contributed by atoms with Crippen molar-refractivity contribution >= 4 is 5.91 Å². The molecule has 1 saturated heterocycles. The van der Waals surface area contributed by atoms with Gasteiger partial charge in [-0.15, -0.1) is 0 Å². The number of aliphatic hydroxyl groups is 1. The molecule has 0 radical (unpaired) electrons. The largest absolute Gasteiger partial charge is 0.396 e. The summed E-state index contributed by atoms with van der Waals surface area (Å²) in [6.45, 7) is 8.78. The van der Waals surface area contributed by atoms with E-state index in [0.29, 0.717) is 17.2 Å². The van der Waals surface area contributed by atoms with Crippen molar-refractivity contribution in [1.29, 1.82) is 0 Å². The van der Waals surface area contributed by atoms with Gasteiger partial charge in [0.25, 0.3) is 0 Å². The summed E-state index contributed by atoms with van der Waals surface area (Å²) in [6, 6.07) is 0. The van der Waals surface area contributed by atoms with E-state index in [0.717, 1.165) is 38.8 Å². The molecule has 0 atom stereocenters. The summed E-state index contributed by atoms with van der Waals surface area (Å²) >= 11 is 0. The third-order valence-corrected chi connectivity index (χ3v) is 6.18. The maximum atomic E-state index is 12.5. The van der Waals surface area contributed by atoms with Gasteiger partial charge in [0.1, 0.15) is 0 Å². The Morgan fingerprint density at radius 3 is 2.19 bits per heavy atom. The molecule has 1 N–H and O–H groups in total. The zero-order chi connectivity index (χ0) is 15.5. The van der Waals surface area contributed by atoms with Crippen LogP contribution in [0.5, 0.6) is 0 Å². The van der Waals surface area contributed by atoms with Gasteiger partial charge in [-0.3, -0.25) is 4.79 Å². The van der Waals surface area contributed by atoms with E-state index in [-0.39, 0.29) is 12.0 Å². The Labute approximate surface area is 130 Å². The topological polar surface area (TPSA) is 40.5 Å². The van der Waals surface area contributed by atoms with Crippen LogP contribution >= 0.6 is 0 Å². The van der Waals surface area contributed by atoms with Gasteiger partial charge < -0.3 is 10.0 Å². The van der Waals surface area contributed by atoms with Crippen LogP contribution in [0.15, 0.2) is 0 Å². The van der Waals surface area contributed by atoms with Crippen LogP contribution in [0.1, 0.15) is 72.1 Å². The summed E-state index contributed by atoms with van der Waals surface area (Å²) in [5, 5.41) is 9.57. The molecule has 2 fully saturated rings. The number of likely N-dealkylation sites (tertiary alicyclic amines) is 1. The second-order valence-corrected chi connectivity index (χ2v) is 8.20. The SMILES string of the molecule is CCC1(CO)CCN(C(=O)CC2CCC(C)(C)CC2)CC1. The highest BCUT2D eigenvalue weighted by Crippen LogP contribution is 2.40. The molecule has 3 nitrogen and oxygen atoms in total. The van der Waals surface area contributed by atoms with E-state index in [1.54, 1.807) is 0 Å². The molecule has 122 valence electrons. The summed E-state index contributed by atoms with van der Waals surface area (Å²) in [5.74, 6) is 0.948. The molecule has 0 bridgehead atoms. The summed E-state index contributed by atoms with van der Waals surface area (Å²) in [7, 11) is 0. The molecule has 0 aromatic rings. The van der Waals surface area contributed by atoms with Gasteiger partial charge in [-0.05, 0) is 61.7 Å². The normalized spacial score (nSPS) is 25.8. The molecule has 1 heterocycles. The van der Waals surface area contributed by atoms with Crippen molar-refractivity contribution in [1.82, 2.24) is 4.90 Å². The number of rotatable bonds is 4. The van der Waals surface area contributed by atoms with E-state index < -0.39 is 0 Å². The molecule has 1 aliphatic heterocycles. The van der Waals surface area contributed by atoms with Crippen LogP contribution < -0.4 is 0 Å². The van der Waals surface area contributed by atoms with Crippen LogP contribution in [0.4, 0.5) is 0 Å². The van der Waals surface area contributed by atoms with Crippen LogP contribution in [0.2, 0.25) is 0 Å². The van der Waals surface area contributed by atoms with Crippen LogP contribution in [0.25, 0.3) is 0 Å². The van der Waals surface area contributed by atoms with Gasteiger partial charge in [0.05, 0.1) is 0 Å². The smallest absolute Gasteiger partial charge is 0.222 e. The number of aliphatic hydroxyl groups excluding tert-OH is 1. The van der Waals surface area contributed by atoms with Gasteiger partial charge in [0.15, 0.2) is 0 Å². The Bertz CT molecular complexity index is 340. The van der Waals surface area contributed by atoms with Gasteiger partial charge in [-0.25, -0.2) is 0 Å². The first kappa shape index (κ1) is 16.8. The maximum absolute atomic E-state index is 12.5. The number of amides is 1. The van der Waals surface area contributed by atoms with Gasteiger partial charge in [0.2, 0.25) is 5.91 Å². The maximum Gasteiger partial charge on any atom is 0.222 e.